The molecule has 0 aliphatic carbocycles. The van der Waals surface area contributed by atoms with Crippen molar-refractivity contribution in [3.63, 3.8) is 0 Å². The maximum atomic E-state index is 8.89. The van der Waals surface area contributed by atoms with Gasteiger partial charge in [0.05, 0.1) is 13.2 Å². The van der Waals surface area contributed by atoms with E-state index >= 15 is 0 Å². The van der Waals surface area contributed by atoms with Gasteiger partial charge in [0.1, 0.15) is 0 Å². The standard InChI is InChI=1S/C8H20N2O.2C4H9.2C2H4O2.Sn/c1-9(2)5-7-11-8-6-10(3)4;2*1-3-4-2;2*1-2(3)4;/h5-8H2,1-4H3;2*1,3-4H2,2H3;2*1H3,(H,3,4);/q;;;;;+2/p-2. The molecule has 0 aromatic carbocycles. The molecule has 28 heavy (non-hydrogen) atoms. The van der Waals surface area contributed by atoms with E-state index in [-0.39, 0.29) is 21.1 Å². The van der Waals surface area contributed by atoms with Crippen LogP contribution in [0.4, 0.5) is 0 Å². The normalized spacial score (nSPS) is 9.21. The van der Waals surface area contributed by atoms with Crippen LogP contribution in [-0.2, 0) is 14.3 Å². The van der Waals surface area contributed by atoms with Crippen LogP contribution in [0, 0.1) is 0 Å². The van der Waals surface area contributed by atoms with Crippen LogP contribution < -0.4 is 10.2 Å². The minimum absolute atomic E-state index is 0.149. The molecule has 0 unspecified atom stereocenters. The Kier molecular flexibility index (Phi) is 39.2. The largest absolute Gasteiger partial charge is 0.379 e. The van der Waals surface area contributed by atoms with Gasteiger partial charge in [0, 0.05) is 25.0 Å². The third-order valence-electron chi connectivity index (χ3n) is 2.78. The molecule has 0 aromatic rings. The Labute approximate surface area is 184 Å². The van der Waals surface area contributed by atoms with Gasteiger partial charge in [-0.05, 0) is 42.0 Å². The van der Waals surface area contributed by atoms with E-state index in [2.05, 4.69) is 51.8 Å². The Balaban J connectivity index is -0.000000151. The summed E-state index contributed by atoms with van der Waals surface area (Å²) in [6.07, 6.45) is 5.84. The molecule has 0 aliphatic rings. The van der Waals surface area contributed by atoms with Crippen LogP contribution in [0.25, 0.3) is 0 Å². The van der Waals surface area contributed by atoms with Crippen LogP contribution in [0.1, 0.15) is 53.4 Å². The molecule has 0 saturated heterocycles. The van der Waals surface area contributed by atoms with Crippen LogP contribution in [0.5, 0.6) is 0 Å². The zero-order valence-corrected chi connectivity index (χ0v) is 22.4. The van der Waals surface area contributed by atoms with Gasteiger partial charge < -0.3 is 34.3 Å². The second-order valence-electron chi connectivity index (χ2n) is 6.66. The molecule has 168 valence electrons. The Morgan fingerprint density at radius 2 is 1.07 bits per heavy atom. The average molecular weight is 511 g/mol. The summed E-state index contributed by atoms with van der Waals surface area (Å²) in [6.45, 7) is 10.2. The van der Waals surface area contributed by atoms with Gasteiger partial charge in [-0.1, -0.05) is 0 Å². The molecular formula is C20H44N2O5Sn. The Bertz CT molecular complexity index is 281. The van der Waals surface area contributed by atoms with E-state index in [1.807, 2.05) is 0 Å². The fourth-order valence-corrected chi connectivity index (χ4v) is 5.48. The van der Waals surface area contributed by atoms with Crippen molar-refractivity contribution in [2.45, 2.75) is 62.3 Å². The summed E-state index contributed by atoms with van der Waals surface area (Å²) >= 11 is 0.149. The number of nitrogens with zero attached hydrogens (tertiary/aromatic N) is 2. The number of unbranched alkanes of at least 4 members (excludes halogenated alkanes) is 2. The quantitative estimate of drug-likeness (QED) is 0.282. The van der Waals surface area contributed by atoms with Crippen molar-refractivity contribution in [3.8, 4) is 0 Å². The first-order chi connectivity index (χ1) is 13.0. The average Bonchev–Trinajstić information content (AvgIpc) is 2.53. The zero-order valence-electron chi connectivity index (χ0n) is 19.5. The van der Waals surface area contributed by atoms with Gasteiger partial charge in [-0.3, -0.25) is 0 Å². The predicted octanol–water partition coefficient (Wildman–Crippen LogP) is 0.766. The molecule has 0 spiro atoms. The molecule has 7 nitrogen and oxygen atoms in total. The second kappa shape index (κ2) is 31.3. The number of carbonyl (C=O) groups is 2. The Morgan fingerprint density at radius 3 is 1.29 bits per heavy atom. The molecule has 0 N–H and O–H groups in total. The summed E-state index contributed by atoms with van der Waals surface area (Å²) in [5.74, 6) is -2.17. The summed E-state index contributed by atoms with van der Waals surface area (Å²) < 4.78 is 8.62. The first kappa shape index (κ1) is 35.1. The van der Waals surface area contributed by atoms with Crippen LogP contribution in [0.15, 0.2) is 0 Å². The van der Waals surface area contributed by atoms with Gasteiger partial charge in [-0.25, -0.2) is 0 Å². The van der Waals surface area contributed by atoms with Crippen molar-refractivity contribution >= 4 is 33.1 Å². The summed E-state index contributed by atoms with van der Waals surface area (Å²) in [7, 11) is 8.20. The number of ether oxygens (including phenoxy) is 1. The third-order valence-corrected chi connectivity index (χ3v) is 6.82. The van der Waals surface area contributed by atoms with E-state index in [1.54, 1.807) is 8.87 Å². The van der Waals surface area contributed by atoms with Gasteiger partial charge in [0.15, 0.2) is 0 Å². The fourth-order valence-electron chi connectivity index (χ4n) is 1.32. The van der Waals surface area contributed by atoms with Crippen LogP contribution in [0.3, 0.4) is 0 Å². The molecule has 0 heterocycles. The molecule has 0 atom stereocenters. The van der Waals surface area contributed by atoms with Crippen molar-refractivity contribution in [3.05, 3.63) is 0 Å². The van der Waals surface area contributed by atoms with Crippen molar-refractivity contribution in [1.29, 1.82) is 0 Å². The zero-order chi connectivity index (χ0) is 22.8. The van der Waals surface area contributed by atoms with E-state index in [4.69, 9.17) is 24.5 Å². The van der Waals surface area contributed by atoms with E-state index in [1.165, 1.54) is 25.7 Å². The minimum Gasteiger partial charge on any atom is -0.379 e. The van der Waals surface area contributed by atoms with Crippen LogP contribution in [-0.4, -0.2) is 97.4 Å². The number of carboxylic acid groups (broad SMARTS) is 2. The van der Waals surface area contributed by atoms with Crippen molar-refractivity contribution in [2.24, 2.45) is 0 Å². The summed E-state index contributed by atoms with van der Waals surface area (Å²) in [5, 5.41) is 17.8. The monoisotopic (exact) mass is 512 g/mol. The number of hydrogen-bond donors (Lipinski definition) is 0. The molecule has 0 bridgehead atoms. The minimum atomic E-state index is -1.08. The Morgan fingerprint density at radius 1 is 0.786 bits per heavy atom. The van der Waals surface area contributed by atoms with Crippen LogP contribution >= 0.6 is 0 Å². The fraction of sp³-hybridized carbons (Fsp3) is 0.900. The molecule has 0 radical (unpaired) electrons. The number of hydrogen-bond acceptors (Lipinski definition) is 7. The van der Waals surface area contributed by atoms with Gasteiger partial charge in [-0.2, -0.15) is 0 Å². The van der Waals surface area contributed by atoms with Gasteiger partial charge >= 0.3 is 69.5 Å². The maximum Gasteiger partial charge on any atom is 0.0593 e. The first-order valence-corrected chi connectivity index (χ1v) is 14.0. The molecule has 0 aromatic heterocycles. The smallest absolute Gasteiger partial charge is 0.0593 e. The molecule has 0 saturated carbocycles. The van der Waals surface area contributed by atoms with Crippen molar-refractivity contribution in [1.82, 2.24) is 9.80 Å². The van der Waals surface area contributed by atoms with Crippen molar-refractivity contribution < 1.29 is 24.5 Å². The van der Waals surface area contributed by atoms with Crippen LogP contribution in [0.2, 0.25) is 8.87 Å². The summed E-state index contributed by atoms with van der Waals surface area (Å²) in [6, 6.07) is 0. The molecule has 0 amide bonds. The molecule has 0 fully saturated rings. The number of carboxylic acids is 2. The van der Waals surface area contributed by atoms with E-state index in [0.717, 1.165) is 40.2 Å². The van der Waals surface area contributed by atoms with Crippen molar-refractivity contribution in [2.75, 3.05) is 54.5 Å². The first-order valence-electron chi connectivity index (χ1n) is 9.94. The Hall–Kier alpha value is -0.381. The third kappa shape index (κ3) is 83.7. The maximum absolute atomic E-state index is 8.89. The van der Waals surface area contributed by atoms with Gasteiger partial charge in [0.2, 0.25) is 0 Å². The van der Waals surface area contributed by atoms with Gasteiger partial charge in [-0.15, -0.1) is 0 Å². The molecule has 0 aliphatic heterocycles. The SMILES string of the molecule is CC(=O)[O-].CC(=O)[O-].CCC[CH2][Sn+2][CH2]CCC.CN(C)CCOCCN(C)C. The summed E-state index contributed by atoms with van der Waals surface area (Å²) in [5.41, 5.74) is 0. The predicted molar refractivity (Wildman–Crippen MR) is 114 cm³/mol. The number of rotatable bonds is 12. The molecule has 8 heteroatoms. The van der Waals surface area contributed by atoms with Gasteiger partial charge in [0.25, 0.3) is 0 Å². The molecular weight excluding hydrogens is 467 g/mol. The van der Waals surface area contributed by atoms with E-state index in [9.17, 15) is 0 Å². The van der Waals surface area contributed by atoms with E-state index in [0.29, 0.717) is 0 Å². The number of aliphatic carboxylic acids is 2. The number of likely N-dealkylation sites (N-methyl/N-ethyl adjacent to an activating group) is 2. The summed E-state index contributed by atoms with van der Waals surface area (Å²) in [4.78, 5) is 22.0. The molecule has 0 rings (SSSR count). The second-order valence-corrected chi connectivity index (χ2v) is 10.9. The topological polar surface area (TPSA) is 96.0 Å². The van der Waals surface area contributed by atoms with E-state index < -0.39 is 11.9 Å². The number of carbonyl (C=O) groups excluding carboxylic acids is 2.